The molecule has 0 N–H and O–H groups in total. The van der Waals surface area contributed by atoms with Gasteiger partial charge in [0, 0.05) is 83.4 Å². The van der Waals surface area contributed by atoms with Crippen molar-refractivity contribution in [1.29, 1.82) is 0 Å². The fourth-order valence-corrected chi connectivity index (χ4v) is 15.1. The molecule has 0 saturated heterocycles. The Bertz CT molecular complexity index is 4690. The highest BCUT2D eigenvalue weighted by atomic mass is 32.1. The fourth-order valence-electron chi connectivity index (χ4n) is 12.6. The van der Waals surface area contributed by atoms with Crippen molar-refractivity contribution in [2.75, 3.05) is 0 Å². The molecule has 4 heteroatoms. The van der Waals surface area contributed by atoms with Crippen LogP contribution in [0.1, 0.15) is 0 Å². The summed E-state index contributed by atoms with van der Waals surface area (Å²) in [5, 5.41) is 15.8. The lowest BCUT2D eigenvalue weighted by molar-refractivity contribution is 1.36. The van der Waals surface area contributed by atoms with Crippen molar-refractivity contribution in [2.45, 2.75) is 0 Å². The molecule has 6 heterocycles. The van der Waals surface area contributed by atoms with E-state index in [-0.39, 0.29) is 0 Å². The Hall–Kier alpha value is -8.54. The van der Waals surface area contributed by atoms with Gasteiger partial charge in [0.1, 0.15) is 0 Å². The van der Waals surface area contributed by atoms with Crippen LogP contribution in [0.2, 0.25) is 0 Å². The number of fused-ring (bicyclic) bond motifs is 20. The molecule has 0 aliphatic carbocycles. The predicted molar refractivity (Wildman–Crippen MR) is 303 cm³/mol. The van der Waals surface area contributed by atoms with Crippen molar-refractivity contribution in [1.82, 2.24) is 8.80 Å². The molecule has 0 saturated carbocycles. The zero-order chi connectivity index (χ0) is 45.3. The Morgan fingerprint density at radius 3 is 1.06 bits per heavy atom. The molecular formula is C66H36N2S2. The highest BCUT2D eigenvalue weighted by Crippen LogP contribution is 2.52. The smallest absolute Gasteiger partial charge is 0.0627 e. The summed E-state index contributed by atoms with van der Waals surface area (Å²) in [5.74, 6) is 0. The van der Waals surface area contributed by atoms with E-state index in [1.54, 1.807) is 0 Å². The van der Waals surface area contributed by atoms with Crippen LogP contribution < -0.4 is 0 Å². The van der Waals surface area contributed by atoms with Gasteiger partial charge in [0.2, 0.25) is 0 Å². The molecule has 0 aliphatic heterocycles. The molecule has 0 bridgehead atoms. The van der Waals surface area contributed by atoms with E-state index in [1.807, 2.05) is 22.7 Å². The molecule has 17 rings (SSSR count). The second-order valence-corrected chi connectivity index (χ2v) is 21.2. The van der Waals surface area contributed by atoms with E-state index >= 15 is 0 Å². The Morgan fingerprint density at radius 1 is 0.243 bits per heavy atom. The lowest BCUT2D eigenvalue weighted by Gasteiger charge is -2.09. The number of benzene rings is 11. The van der Waals surface area contributed by atoms with Crippen LogP contribution >= 0.6 is 22.7 Å². The molecule has 6 aromatic heterocycles. The predicted octanol–water partition coefficient (Wildman–Crippen LogP) is 19.4. The van der Waals surface area contributed by atoms with Gasteiger partial charge in [0.15, 0.2) is 0 Å². The number of thiophene rings is 2. The van der Waals surface area contributed by atoms with Gasteiger partial charge in [-0.1, -0.05) is 182 Å². The molecule has 0 spiro atoms. The molecular weight excluding hydrogens is 885 g/mol. The Morgan fingerprint density at radius 2 is 0.614 bits per heavy atom. The monoisotopic (exact) mass is 920 g/mol. The first-order valence-electron chi connectivity index (χ1n) is 24.1. The molecule has 322 valence electrons. The van der Waals surface area contributed by atoms with Crippen molar-refractivity contribution in [3.8, 4) is 44.5 Å². The largest absolute Gasteiger partial charge is 0.308 e. The highest BCUT2D eigenvalue weighted by Gasteiger charge is 2.28. The van der Waals surface area contributed by atoms with Crippen LogP contribution in [0, 0.1) is 0 Å². The fraction of sp³-hybridized carbons (Fsp3) is 0. The van der Waals surface area contributed by atoms with Crippen molar-refractivity contribution in [3.63, 3.8) is 0 Å². The first-order chi connectivity index (χ1) is 34.7. The molecule has 0 aliphatic rings. The van der Waals surface area contributed by atoms with Crippen LogP contribution in [0.25, 0.3) is 161 Å². The van der Waals surface area contributed by atoms with Crippen LogP contribution in [0.5, 0.6) is 0 Å². The SMILES string of the molecule is c1ccc(-c2ccc(-c3ccc4c5c6sc7ccccc7c6ccc5n5c6cc7c8c(-c9ccc(-c%10ccccc%10)cc9)ccc9c%10c%11sc%12ccccc%12c%11ccc%10n(c7cc6c3c45)c98)cc2)cc1. The lowest BCUT2D eigenvalue weighted by Crippen LogP contribution is -1.84. The van der Waals surface area contributed by atoms with Crippen LogP contribution in [0.4, 0.5) is 0 Å². The maximum absolute atomic E-state index is 2.61. The molecule has 0 unspecified atom stereocenters. The summed E-state index contributed by atoms with van der Waals surface area (Å²) in [6.45, 7) is 0. The van der Waals surface area contributed by atoms with Gasteiger partial charge in [-0.2, -0.15) is 0 Å². The molecule has 2 nitrogen and oxygen atoms in total. The minimum Gasteiger partial charge on any atom is -0.308 e. The second-order valence-electron chi connectivity index (χ2n) is 19.1. The topological polar surface area (TPSA) is 8.82 Å². The average Bonchev–Trinajstić information content (AvgIpc) is 4.27. The molecule has 70 heavy (non-hydrogen) atoms. The second kappa shape index (κ2) is 13.6. The number of rotatable bonds is 4. The molecule has 11 aromatic carbocycles. The summed E-state index contributed by atoms with van der Waals surface area (Å²) in [4.78, 5) is 0. The van der Waals surface area contributed by atoms with Crippen LogP contribution in [0.3, 0.4) is 0 Å². The van der Waals surface area contributed by atoms with Crippen molar-refractivity contribution in [2.24, 2.45) is 0 Å². The van der Waals surface area contributed by atoms with Gasteiger partial charge in [-0.15, -0.1) is 22.7 Å². The zero-order valence-corrected chi connectivity index (χ0v) is 39.1. The summed E-state index contributed by atoms with van der Waals surface area (Å²) in [5.41, 5.74) is 17.5. The Kier molecular flexibility index (Phi) is 7.26. The van der Waals surface area contributed by atoms with Crippen molar-refractivity contribution in [3.05, 3.63) is 218 Å². The van der Waals surface area contributed by atoms with E-state index in [0.29, 0.717) is 0 Å². The lowest BCUT2D eigenvalue weighted by atomic mass is 9.94. The first kappa shape index (κ1) is 37.4. The average molecular weight is 921 g/mol. The van der Waals surface area contributed by atoms with Gasteiger partial charge >= 0.3 is 0 Å². The van der Waals surface area contributed by atoms with Crippen LogP contribution in [-0.4, -0.2) is 8.80 Å². The van der Waals surface area contributed by atoms with E-state index in [1.165, 1.54) is 161 Å². The van der Waals surface area contributed by atoms with E-state index < -0.39 is 0 Å². The minimum absolute atomic E-state index is 1.22. The maximum Gasteiger partial charge on any atom is 0.0627 e. The van der Waals surface area contributed by atoms with Crippen LogP contribution in [-0.2, 0) is 0 Å². The van der Waals surface area contributed by atoms with Gasteiger partial charge in [-0.05, 0) is 80.9 Å². The minimum atomic E-state index is 1.22. The van der Waals surface area contributed by atoms with Crippen LogP contribution in [0.15, 0.2) is 218 Å². The van der Waals surface area contributed by atoms with Gasteiger partial charge < -0.3 is 8.80 Å². The molecule has 0 amide bonds. The molecule has 0 fully saturated rings. The summed E-state index contributed by atoms with van der Waals surface area (Å²) in [7, 11) is 0. The maximum atomic E-state index is 2.61. The van der Waals surface area contributed by atoms with Crippen molar-refractivity contribution < 1.29 is 0 Å². The van der Waals surface area contributed by atoms with Gasteiger partial charge in [-0.3, -0.25) is 0 Å². The zero-order valence-electron chi connectivity index (χ0n) is 37.5. The Balaban J connectivity index is 1.03. The quantitative estimate of drug-likeness (QED) is 0.166. The summed E-state index contributed by atoms with van der Waals surface area (Å²) in [6, 6.07) is 82.0. The standard InChI is InChI=1S/C66H36N2S2/c1-3-11-37(12-4-1)39-19-23-41(24-20-39)43-27-29-49-61-53(33-31-47-45-15-7-9-17-57(45)69-65(47)61)67-55-36-52-56(35-51(55)59(43)63(49)67)68-54-34-32-48-46-16-8-10-18-58(46)70-66(48)62(54)50-30-28-44(60(52)64(50)68)42-25-21-40(22-26-42)38-13-5-2-6-14-38/h1-36H. The van der Waals surface area contributed by atoms with Crippen molar-refractivity contribution >= 4 is 139 Å². The Labute approximate surface area is 408 Å². The summed E-state index contributed by atoms with van der Waals surface area (Å²) >= 11 is 3.85. The van der Waals surface area contributed by atoms with Gasteiger partial charge in [0.25, 0.3) is 0 Å². The van der Waals surface area contributed by atoms with Gasteiger partial charge in [-0.25, -0.2) is 0 Å². The molecule has 17 aromatic rings. The first-order valence-corrected chi connectivity index (χ1v) is 25.7. The third-order valence-electron chi connectivity index (χ3n) is 15.6. The van der Waals surface area contributed by atoms with E-state index in [0.717, 1.165) is 0 Å². The normalized spacial score (nSPS) is 12.6. The van der Waals surface area contributed by atoms with E-state index in [4.69, 9.17) is 0 Å². The number of hydrogen-bond acceptors (Lipinski definition) is 2. The third kappa shape index (κ3) is 4.81. The van der Waals surface area contributed by atoms with E-state index in [2.05, 4.69) is 227 Å². The van der Waals surface area contributed by atoms with E-state index in [9.17, 15) is 0 Å². The number of hydrogen-bond donors (Lipinski definition) is 0. The summed E-state index contributed by atoms with van der Waals surface area (Å²) < 4.78 is 10.6. The summed E-state index contributed by atoms with van der Waals surface area (Å²) in [6.07, 6.45) is 0. The number of nitrogens with zero attached hydrogens (tertiary/aromatic N) is 2. The number of aromatic nitrogens is 2. The highest BCUT2D eigenvalue weighted by molar-refractivity contribution is 7.27. The molecule has 0 radical (unpaired) electrons. The van der Waals surface area contributed by atoms with Gasteiger partial charge in [0.05, 0.1) is 33.1 Å². The molecule has 0 atom stereocenters. The third-order valence-corrected chi connectivity index (χ3v) is 18.0.